The van der Waals surface area contributed by atoms with Crippen molar-refractivity contribution in [2.45, 2.75) is 32.0 Å². The van der Waals surface area contributed by atoms with Crippen LogP contribution >= 0.6 is 0 Å². The summed E-state index contributed by atoms with van der Waals surface area (Å²) in [4.78, 5) is 2.05. The van der Waals surface area contributed by atoms with E-state index in [2.05, 4.69) is 4.74 Å². The van der Waals surface area contributed by atoms with E-state index >= 15 is 0 Å². The summed E-state index contributed by atoms with van der Waals surface area (Å²) in [5.74, 6) is 0.300. The fourth-order valence-corrected chi connectivity index (χ4v) is 3.91. The summed E-state index contributed by atoms with van der Waals surface area (Å²) < 4.78 is 64.2. The van der Waals surface area contributed by atoms with Crippen molar-refractivity contribution in [3.63, 3.8) is 0 Å². The molecule has 3 rings (SSSR count). The highest BCUT2D eigenvalue weighted by molar-refractivity contribution is 7.87. The molecule has 0 radical (unpaired) electrons. The van der Waals surface area contributed by atoms with Crippen LogP contribution in [0, 0.1) is 0 Å². The zero-order chi connectivity index (χ0) is 20.9. The highest BCUT2D eigenvalue weighted by Crippen LogP contribution is 2.32. The van der Waals surface area contributed by atoms with Gasteiger partial charge in [0.15, 0.2) is 11.5 Å². The van der Waals surface area contributed by atoms with Crippen molar-refractivity contribution < 1.29 is 30.9 Å². The number of rotatable bonds is 11. The predicted molar refractivity (Wildman–Crippen MR) is 104 cm³/mol. The Hall–Kier alpha value is -2.39. The molecule has 0 aliphatic heterocycles. The van der Waals surface area contributed by atoms with Crippen LogP contribution in [0.2, 0.25) is 0 Å². The maximum atomic E-state index is 12.5. The molecule has 1 fully saturated rings. The largest absolute Gasteiger partial charge is 0.493 e. The third-order valence-electron chi connectivity index (χ3n) is 4.49. The number of para-hydroxylation sites is 1. The molecule has 1 saturated carbocycles. The van der Waals surface area contributed by atoms with E-state index in [-0.39, 0.29) is 23.0 Å². The van der Waals surface area contributed by atoms with Crippen molar-refractivity contribution in [3.8, 4) is 17.2 Å². The molecule has 0 heterocycles. The molecule has 0 amide bonds. The van der Waals surface area contributed by atoms with Crippen LogP contribution in [0.15, 0.2) is 48.5 Å². The van der Waals surface area contributed by atoms with Gasteiger partial charge in [0.25, 0.3) is 0 Å². The minimum Gasteiger partial charge on any atom is -0.493 e. The summed E-state index contributed by atoms with van der Waals surface area (Å²) in [6.07, 6.45) is 1.98. The van der Waals surface area contributed by atoms with E-state index in [1.165, 1.54) is 13.2 Å². The molecule has 0 saturated heterocycles. The molecule has 0 bridgehead atoms. The lowest BCUT2D eigenvalue weighted by atomic mass is 10.2. The Morgan fingerprint density at radius 2 is 1.83 bits per heavy atom. The molecule has 1 aliphatic rings. The molecule has 158 valence electrons. The molecule has 0 spiro atoms. The van der Waals surface area contributed by atoms with Crippen LogP contribution in [0.4, 0.5) is 8.78 Å². The van der Waals surface area contributed by atoms with E-state index in [9.17, 15) is 17.2 Å². The van der Waals surface area contributed by atoms with Crippen molar-refractivity contribution in [1.29, 1.82) is 0 Å². The van der Waals surface area contributed by atoms with Crippen LogP contribution in [0.3, 0.4) is 0 Å². The third kappa shape index (κ3) is 6.57. The molecular formula is C20H23F2NO5S. The van der Waals surface area contributed by atoms with Gasteiger partial charge in [-0.3, -0.25) is 4.90 Å². The van der Waals surface area contributed by atoms with Crippen molar-refractivity contribution in [2.75, 3.05) is 19.4 Å². The van der Waals surface area contributed by atoms with Gasteiger partial charge in [-0.25, -0.2) is 0 Å². The number of benzene rings is 2. The maximum absolute atomic E-state index is 12.5. The van der Waals surface area contributed by atoms with Gasteiger partial charge in [0.2, 0.25) is 0 Å². The predicted octanol–water partition coefficient (Wildman–Crippen LogP) is 3.67. The summed E-state index contributed by atoms with van der Waals surface area (Å²) >= 11 is 0. The Morgan fingerprint density at radius 1 is 1.10 bits per heavy atom. The number of hydrogen-bond acceptors (Lipinski definition) is 6. The van der Waals surface area contributed by atoms with Crippen LogP contribution in [-0.4, -0.2) is 45.4 Å². The number of halogens is 2. The van der Waals surface area contributed by atoms with E-state index in [1.54, 1.807) is 42.5 Å². The first-order valence-corrected chi connectivity index (χ1v) is 10.8. The van der Waals surface area contributed by atoms with Gasteiger partial charge < -0.3 is 13.7 Å². The lowest BCUT2D eigenvalue weighted by Gasteiger charge is -2.22. The average molecular weight is 427 g/mol. The van der Waals surface area contributed by atoms with E-state index in [4.69, 9.17) is 8.92 Å². The van der Waals surface area contributed by atoms with Gasteiger partial charge in [-0.05, 0) is 42.7 Å². The minimum absolute atomic E-state index is 0.0388. The van der Waals surface area contributed by atoms with Crippen molar-refractivity contribution in [1.82, 2.24) is 4.90 Å². The lowest BCUT2D eigenvalue weighted by Crippen LogP contribution is -2.32. The molecule has 2 aromatic carbocycles. The Balaban J connectivity index is 1.63. The van der Waals surface area contributed by atoms with E-state index in [0.29, 0.717) is 19.1 Å². The fraction of sp³-hybridized carbons (Fsp3) is 0.400. The summed E-state index contributed by atoms with van der Waals surface area (Å²) in [5.41, 5.74) is 0.816. The second kappa shape index (κ2) is 9.41. The Labute approximate surface area is 169 Å². The van der Waals surface area contributed by atoms with Crippen LogP contribution in [0.25, 0.3) is 0 Å². The highest BCUT2D eigenvalue weighted by atomic mass is 32.2. The number of nitrogens with zero attached hydrogens (tertiary/aromatic N) is 1. The maximum Gasteiger partial charge on any atom is 0.387 e. The quantitative estimate of drug-likeness (QED) is 0.510. The number of methoxy groups -OCH3 is 1. The number of hydrogen-bond donors (Lipinski definition) is 0. The SMILES string of the molecule is COc1cc(CN(CCS(=O)(=O)Oc2ccccc2)C2CC2)ccc1OC(F)F. The van der Waals surface area contributed by atoms with Crippen molar-refractivity contribution >= 4 is 10.1 Å². The van der Waals surface area contributed by atoms with Gasteiger partial charge in [0.05, 0.1) is 12.9 Å². The van der Waals surface area contributed by atoms with E-state index in [0.717, 1.165) is 18.4 Å². The normalized spacial score (nSPS) is 14.2. The topological polar surface area (TPSA) is 65.1 Å². The Bertz CT molecular complexity index is 904. The molecule has 6 nitrogen and oxygen atoms in total. The lowest BCUT2D eigenvalue weighted by molar-refractivity contribution is -0.0512. The first kappa shape index (κ1) is 21.3. The standard InChI is InChI=1S/C20H23F2NO5S/c1-26-19-13-15(7-10-18(19)27-20(21)22)14-23(16-8-9-16)11-12-29(24,25)28-17-5-3-2-4-6-17/h2-7,10,13,16,20H,8-9,11-12,14H2,1H3. The van der Waals surface area contributed by atoms with Gasteiger partial charge in [-0.1, -0.05) is 24.3 Å². The van der Waals surface area contributed by atoms with Gasteiger partial charge in [0, 0.05) is 19.1 Å². The van der Waals surface area contributed by atoms with E-state index < -0.39 is 16.7 Å². The third-order valence-corrected chi connectivity index (χ3v) is 5.62. The van der Waals surface area contributed by atoms with Gasteiger partial charge >= 0.3 is 16.7 Å². The molecule has 29 heavy (non-hydrogen) atoms. The van der Waals surface area contributed by atoms with Gasteiger partial charge in [-0.2, -0.15) is 17.2 Å². The van der Waals surface area contributed by atoms with Crippen LogP contribution < -0.4 is 13.7 Å². The molecule has 2 aromatic rings. The highest BCUT2D eigenvalue weighted by Gasteiger charge is 2.30. The second-order valence-corrected chi connectivity index (χ2v) is 8.41. The fourth-order valence-electron chi connectivity index (χ4n) is 2.96. The minimum atomic E-state index is -3.73. The first-order chi connectivity index (χ1) is 13.9. The zero-order valence-electron chi connectivity index (χ0n) is 16.0. The Morgan fingerprint density at radius 3 is 2.45 bits per heavy atom. The second-order valence-electron chi connectivity index (χ2n) is 6.72. The Kier molecular flexibility index (Phi) is 6.92. The monoisotopic (exact) mass is 427 g/mol. The smallest absolute Gasteiger partial charge is 0.387 e. The molecule has 1 aliphatic carbocycles. The van der Waals surface area contributed by atoms with Gasteiger partial charge in [0.1, 0.15) is 5.75 Å². The number of ether oxygens (including phenoxy) is 2. The summed E-state index contributed by atoms with van der Waals surface area (Å²) in [6.45, 7) is -2.17. The summed E-state index contributed by atoms with van der Waals surface area (Å²) in [5, 5.41) is 0. The molecule has 0 atom stereocenters. The summed E-state index contributed by atoms with van der Waals surface area (Å²) in [6, 6.07) is 13.4. The molecule has 0 aromatic heterocycles. The van der Waals surface area contributed by atoms with E-state index in [1.807, 2.05) is 4.90 Å². The van der Waals surface area contributed by atoms with Crippen LogP contribution in [0.1, 0.15) is 18.4 Å². The molecule has 0 N–H and O–H groups in total. The van der Waals surface area contributed by atoms with Crippen molar-refractivity contribution in [2.24, 2.45) is 0 Å². The van der Waals surface area contributed by atoms with Crippen molar-refractivity contribution in [3.05, 3.63) is 54.1 Å². The van der Waals surface area contributed by atoms with Crippen LogP contribution in [0.5, 0.6) is 17.2 Å². The van der Waals surface area contributed by atoms with Crippen LogP contribution in [-0.2, 0) is 16.7 Å². The molecule has 0 unspecified atom stereocenters. The average Bonchev–Trinajstić information content (AvgIpc) is 3.51. The first-order valence-electron chi connectivity index (χ1n) is 9.19. The molecular weight excluding hydrogens is 404 g/mol. The zero-order valence-corrected chi connectivity index (χ0v) is 16.8. The summed E-state index contributed by atoms with van der Waals surface area (Å²) in [7, 11) is -2.35. The molecule has 9 heteroatoms. The van der Waals surface area contributed by atoms with Gasteiger partial charge in [-0.15, -0.1) is 0 Å². The number of alkyl halides is 2.